The van der Waals surface area contributed by atoms with Gasteiger partial charge in [-0.15, -0.1) is 0 Å². The van der Waals surface area contributed by atoms with E-state index in [-0.39, 0.29) is 24.3 Å². The summed E-state index contributed by atoms with van der Waals surface area (Å²) in [5.41, 5.74) is 1.99. The summed E-state index contributed by atoms with van der Waals surface area (Å²) in [4.78, 5) is 42.6. The van der Waals surface area contributed by atoms with E-state index in [1.807, 2.05) is 31.2 Å². The van der Waals surface area contributed by atoms with Crippen molar-refractivity contribution < 1.29 is 19.1 Å². The Labute approximate surface area is 207 Å². The lowest BCUT2D eigenvalue weighted by molar-refractivity contribution is -0.136. The van der Waals surface area contributed by atoms with Crippen LogP contribution in [-0.4, -0.2) is 41.9 Å². The lowest BCUT2D eigenvalue weighted by Gasteiger charge is -2.36. The molecule has 186 valence electrons. The standard InChI is InChI=1S/C28H35N3O4/c1-19(2)22-10-8-21(9-11-22)17-30(23-12-14-24(35-4)15-13-23)25(32)18-31-26(33)28(29-27(31)34)16-6-5-7-20(28)3/h8-15,19-20H,5-7,16-18H2,1-4H3,(H,29,34). The molecule has 4 amide bonds. The second kappa shape index (κ2) is 10.1. The number of benzene rings is 2. The van der Waals surface area contributed by atoms with Gasteiger partial charge in [-0.1, -0.05) is 57.9 Å². The number of rotatable bonds is 7. The molecule has 0 bridgehead atoms. The Kier molecular flexibility index (Phi) is 7.15. The van der Waals surface area contributed by atoms with E-state index in [2.05, 4.69) is 31.3 Å². The second-order valence-electron chi connectivity index (χ2n) is 10.0. The first kappa shape index (κ1) is 24.8. The first-order valence-corrected chi connectivity index (χ1v) is 12.4. The summed E-state index contributed by atoms with van der Waals surface area (Å²) in [5.74, 6) is 0.554. The van der Waals surface area contributed by atoms with Crippen molar-refractivity contribution >= 4 is 23.5 Å². The first-order chi connectivity index (χ1) is 16.7. The second-order valence-corrected chi connectivity index (χ2v) is 10.0. The number of carbonyl (C=O) groups is 3. The van der Waals surface area contributed by atoms with Crippen LogP contribution in [0.4, 0.5) is 10.5 Å². The normalized spacial score (nSPS) is 22.0. The van der Waals surface area contributed by atoms with E-state index in [1.165, 1.54) is 5.56 Å². The zero-order valence-corrected chi connectivity index (χ0v) is 21.0. The van der Waals surface area contributed by atoms with Crippen molar-refractivity contribution in [1.82, 2.24) is 10.2 Å². The van der Waals surface area contributed by atoms with Gasteiger partial charge >= 0.3 is 6.03 Å². The van der Waals surface area contributed by atoms with Gasteiger partial charge in [0.2, 0.25) is 5.91 Å². The zero-order valence-electron chi connectivity index (χ0n) is 21.0. The summed E-state index contributed by atoms with van der Waals surface area (Å²) in [6.45, 7) is 6.32. The highest BCUT2D eigenvalue weighted by Crippen LogP contribution is 2.38. The number of nitrogens with one attached hydrogen (secondary N) is 1. The minimum Gasteiger partial charge on any atom is -0.497 e. The fourth-order valence-corrected chi connectivity index (χ4v) is 5.14. The summed E-state index contributed by atoms with van der Waals surface area (Å²) in [6.07, 6.45) is 3.44. The smallest absolute Gasteiger partial charge is 0.325 e. The minimum atomic E-state index is -0.882. The van der Waals surface area contributed by atoms with Crippen molar-refractivity contribution in [2.24, 2.45) is 5.92 Å². The molecule has 7 nitrogen and oxygen atoms in total. The molecule has 1 saturated carbocycles. The van der Waals surface area contributed by atoms with E-state index in [0.29, 0.717) is 30.3 Å². The van der Waals surface area contributed by atoms with Gasteiger partial charge < -0.3 is 15.0 Å². The van der Waals surface area contributed by atoms with Gasteiger partial charge in [0, 0.05) is 5.69 Å². The van der Waals surface area contributed by atoms with Gasteiger partial charge in [-0.2, -0.15) is 0 Å². The fraction of sp³-hybridized carbons (Fsp3) is 0.464. The third-order valence-electron chi connectivity index (χ3n) is 7.47. The topological polar surface area (TPSA) is 79.0 Å². The molecule has 2 unspecified atom stereocenters. The Morgan fingerprint density at radius 2 is 1.80 bits per heavy atom. The van der Waals surface area contributed by atoms with E-state index in [0.717, 1.165) is 29.7 Å². The number of carbonyl (C=O) groups excluding carboxylic acids is 3. The van der Waals surface area contributed by atoms with Crippen LogP contribution < -0.4 is 15.0 Å². The van der Waals surface area contributed by atoms with Crippen molar-refractivity contribution in [3.63, 3.8) is 0 Å². The first-order valence-electron chi connectivity index (χ1n) is 12.4. The summed E-state index contributed by atoms with van der Waals surface area (Å²) in [7, 11) is 1.59. The van der Waals surface area contributed by atoms with E-state index in [1.54, 1.807) is 24.1 Å². The van der Waals surface area contributed by atoms with Crippen LogP contribution in [-0.2, 0) is 16.1 Å². The highest BCUT2D eigenvalue weighted by atomic mass is 16.5. The molecule has 7 heteroatoms. The molecule has 1 aliphatic carbocycles. The molecule has 1 aliphatic heterocycles. The lowest BCUT2D eigenvalue weighted by Crippen LogP contribution is -2.54. The summed E-state index contributed by atoms with van der Waals surface area (Å²) in [6, 6.07) is 14.9. The van der Waals surface area contributed by atoms with E-state index >= 15 is 0 Å². The van der Waals surface area contributed by atoms with Crippen LogP contribution in [0.1, 0.15) is 63.5 Å². The lowest BCUT2D eigenvalue weighted by atomic mass is 9.73. The third-order valence-corrected chi connectivity index (χ3v) is 7.47. The maximum atomic E-state index is 13.6. The number of methoxy groups -OCH3 is 1. The van der Waals surface area contributed by atoms with E-state index < -0.39 is 11.6 Å². The monoisotopic (exact) mass is 477 g/mol. The van der Waals surface area contributed by atoms with Gasteiger partial charge in [0.15, 0.2) is 0 Å². The molecule has 0 aromatic heterocycles. The quantitative estimate of drug-likeness (QED) is 0.578. The Morgan fingerprint density at radius 3 is 2.40 bits per heavy atom. The van der Waals surface area contributed by atoms with Crippen molar-refractivity contribution in [1.29, 1.82) is 0 Å². The molecule has 1 N–H and O–H groups in total. The molecule has 1 saturated heterocycles. The highest BCUT2D eigenvalue weighted by molar-refractivity contribution is 6.10. The minimum absolute atomic E-state index is 0.0463. The molecule has 2 aromatic carbocycles. The van der Waals surface area contributed by atoms with Crippen LogP contribution in [0.25, 0.3) is 0 Å². The van der Waals surface area contributed by atoms with Crippen molar-refractivity contribution in [2.75, 3.05) is 18.6 Å². The zero-order chi connectivity index (χ0) is 25.2. The Morgan fingerprint density at radius 1 is 1.11 bits per heavy atom. The largest absolute Gasteiger partial charge is 0.497 e. The Bertz CT molecular complexity index is 1080. The van der Waals surface area contributed by atoms with Crippen molar-refractivity contribution in [2.45, 2.75) is 64.5 Å². The Balaban J connectivity index is 1.58. The predicted molar refractivity (Wildman–Crippen MR) is 135 cm³/mol. The van der Waals surface area contributed by atoms with Crippen LogP contribution in [0.2, 0.25) is 0 Å². The number of hydrogen-bond acceptors (Lipinski definition) is 4. The maximum Gasteiger partial charge on any atom is 0.325 e. The molecular weight excluding hydrogens is 442 g/mol. The predicted octanol–water partition coefficient (Wildman–Crippen LogP) is 4.85. The van der Waals surface area contributed by atoms with E-state index in [4.69, 9.17) is 4.74 Å². The van der Waals surface area contributed by atoms with Crippen LogP contribution in [0, 0.1) is 5.92 Å². The summed E-state index contributed by atoms with van der Waals surface area (Å²) < 4.78 is 5.26. The van der Waals surface area contributed by atoms with Crippen molar-refractivity contribution in [3.8, 4) is 5.75 Å². The Hall–Kier alpha value is -3.35. The fourth-order valence-electron chi connectivity index (χ4n) is 5.14. The van der Waals surface area contributed by atoms with Crippen LogP contribution >= 0.6 is 0 Å². The van der Waals surface area contributed by atoms with Gasteiger partial charge in [0.05, 0.1) is 13.7 Å². The van der Waals surface area contributed by atoms with Crippen LogP contribution in [0.3, 0.4) is 0 Å². The number of urea groups is 1. The molecule has 4 rings (SSSR count). The van der Waals surface area contributed by atoms with Crippen LogP contribution in [0.15, 0.2) is 48.5 Å². The van der Waals surface area contributed by atoms with Gasteiger partial charge in [0.25, 0.3) is 5.91 Å². The number of nitrogens with zero attached hydrogens (tertiary/aromatic N) is 2. The number of imide groups is 1. The highest BCUT2D eigenvalue weighted by Gasteiger charge is 2.55. The molecule has 1 heterocycles. The third kappa shape index (κ3) is 4.90. The van der Waals surface area contributed by atoms with Gasteiger partial charge in [-0.05, 0) is 60.1 Å². The molecule has 2 aromatic rings. The summed E-state index contributed by atoms with van der Waals surface area (Å²) in [5, 5.41) is 2.93. The van der Waals surface area contributed by atoms with E-state index in [9.17, 15) is 14.4 Å². The number of ether oxygens (including phenoxy) is 1. The molecule has 2 aliphatic rings. The number of anilines is 1. The average molecular weight is 478 g/mol. The SMILES string of the molecule is COc1ccc(N(Cc2ccc(C(C)C)cc2)C(=O)CN2C(=O)NC3(CCCCC3C)C2=O)cc1. The van der Waals surface area contributed by atoms with Gasteiger partial charge in [-0.3, -0.25) is 14.5 Å². The van der Waals surface area contributed by atoms with Gasteiger partial charge in [-0.25, -0.2) is 4.79 Å². The number of amides is 4. The van der Waals surface area contributed by atoms with Crippen molar-refractivity contribution in [3.05, 3.63) is 59.7 Å². The van der Waals surface area contributed by atoms with Crippen LogP contribution in [0.5, 0.6) is 5.75 Å². The molecular formula is C28H35N3O4. The summed E-state index contributed by atoms with van der Waals surface area (Å²) >= 11 is 0. The molecule has 2 fully saturated rings. The molecule has 1 spiro atoms. The molecule has 35 heavy (non-hydrogen) atoms. The maximum absolute atomic E-state index is 13.6. The number of hydrogen-bond donors (Lipinski definition) is 1. The molecule has 0 radical (unpaired) electrons. The average Bonchev–Trinajstić information content (AvgIpc) is 3.09. The molecule has 2 atom stereocenters. The van der Waals surface area contributed by atoms with Gasteiger partial charge in [0.1, 0.15) is 17.8 Å².